The van der Waals surface area contributed by atoms with Crippen LogP contribution in [0.3, 0.4) is 0 Å². The molecule has 5 nitrogen and oxygen atoms in total. The number of hydrogen-bond acceptors (Lipinski definition) is 5. The van der Waals surface area contributed by atoms with Gasteiger partial charge in [-0.1, -0.05) is 0 Å². The fourth-order valence-corrected chi connectivity index (χ4v) is 1.15. The molecule has 0 heterocycles. The highest BCUT2D eigenvalue weighted by Crippen LogP contribution is 2.24. The van der Waals surface area contributed by atoms with Gasteiger partial charge in [0.25, 0.3) is 0 Å². The van der Waals surface area contributed by atoms with Gasteiger partial charge in [0, 0.05) is 18.7 Å². The maximum Gasteiger partial charge on any atom is 0.191 e. The molecule has 0 unspecified atom stereocenters. The molecule has 0 bridgehead atoms. The molecule has 0 aliphatic heterocycles. The molecule has 0 spiro atoms. The van der Waals surface area contributed by atoms with Gasteiger partial charge in [-0.25, -0.2) is 0 Å². The van der Waals surface area contributed by atoms with Crippen LogP contribution in [0.1, 0.15) is 5.56 Å². The topological polar surface area (TPSA) is 57.2 Å². The smallest absolute Gasteiger partial charge is 0.191 e. The van der Waals surface area contributed by atoms with Gasteiger partial charge in [0.05, 0.1) is 13.7 Å². The van der Waals surface area contributed by atoms with E-state index in [2.05, 4.69) is 0 Å². The third kappa shape index (κ3) is 3.69. The molecule has 0 radical (unpaired) electrons. The molecule has 1 aromatic carbocycles. The molecule has 0 aliphatic rings. The minimum Gasteiger partial charge on any atom is -0.497 e. The largest absolute Gasteiger partial charge is 0.497 e. The van der Waals surface area contributed by atoms with Gasteiger partial charge in [0.1, 0.15) is 18.3 Å². The molecule has 0 aliphatic carbocycles. The van der Waals surface area contributed by atoms with Crippen LogP contribution in [0.5, 0.6) is 11.5 Å². The zero-order valence-corrected chi connectivity index (χ0v) is 9.43. The van der Waals surface area contributed by atoms with Gasteiger partial charge in [-0.3, -0.25) is 0 Å². The molecular formula is C11H16O5. The molecule has 1 N–H and O–H groups in total. The van der Waals surface area contributed by atoms with Gasteiger partial charge in [-0.05, 0) is 12.1 Å². The fraction of sp³-hybridized carbons (Fsp3) is 0.455. The maximum atomic E-state index is 9.10. The minimum absolute atomic E-state index is 0.0635. The van der Waals surface area contributed by atoms with E-state index in [9.17, 15) is 0 Å². The first-order chi connectivity index (χ1) is 7.81. The van der Waals surface area contributed by atoms with Gasteiger partial charge in [0.2, 0.25) is 0 Å². The van der Waals surface area contributed by atoms with E-state index in [0.29, 0.717) is 17.1 Å². The molecule has 0 fully saturated rings. The van der Waals surface area contributed by atoms with Crippen molar-refractivity contribution in [3.05, 3.63) is 23.8 Å². The lowest BCUT2D eigenvalue weighted by Gasteiger charge is -2.11. The zero-order valence-electron chi connectivity index (χ0n) is 9.43. The molecule has 0 atom stereocenters. The predicted octanol–water partition coefficient (Wildman–Crippen LogP) is 1.14. The highest BCUT2D eigenvalue weighted by atomic mass is 16.7. The van der Waals surface area contributed by atoms with Crippen molar-refractivity contribution in [2.24, 2.45) is 0 Å². The average molecular weight is 228 g/mol. The summed E-state index contributed by atoms with van der Waals surface area (Å²) in [6.07, 6.45) is 0. The Morgan fingerprint density at radius 1 is 1.19 bits per heavy atom. The molecular weight excluding hydrogens is 212 g/mol. The molecule has 0 saturated carbocycles. The third-order valence-electron chi connectivity index (χ3n) is 1.94. The second-order valence-corrected chi connectivity index (χ2v) is 3.00. The third-order valence-corrected chi connectivity index (χ3v) is 1.94. The Labute approximate surface area is 94.5 Å². The summed E-state index contributed by atoms with van der Waals surface area (Å²) < 4.78 is 20.1. The summed E-state index contributed by atoms with van der Waals surface area (Å²) in [5.74, 6) is 1.21. The first kappa shape index (κ1) is 12.8. The Bertz CT molecular complexity index is 313. The van der Waals surface area contributed by atoms with Gasteiger partial charge in [0.15, 0.2) is 6.79 Å². The molecule has 16 heavy (non-hydrogen) atoms. The normalized spacial score (nSPS) is 10.2. The number of ether oxygens (including phenoxy) is 4. The van der Waals surface area contributed by atoms with E-state index in [1.54, 1.807) is 25.3 Å². The summed E-state index contributed by atoms with van der Waals surface area (Å²) in [5.41, 5.74) is 0.682. The van der Waals surface area contributed by atoms with Crippen molar-refractivity contribution >= 4 is 0 Å². The number of benzene rings is 1. The molecule has 90 valence electrons. The monoisotopic (exact) mass is 228 g/mol. The lowest BCUT2D eigenvalue weighted by Crippen LogP contribution is -2.06. The van der Waals surface area contributed by atoms with Crippen molar-refractivity contribution in [3.63, 3.8) is 0 Å². The van der Waals surface area contributed by atoms with Crippen LogP contribution in [0.4, 0.5) is 0 Å². The summed E-state index contributed by atoms with van der Waals surface area (Å²) in [4.78, 5) is 0. The Balaban J connectivity index is 2.60. The first-order valence-corrected chi connectivity index (χ1v) is 4.79. The van der Waals surface area contributed by atoms with Crippen LogP contribution in [0.2, 0.25) is 0 Å². The number of hydrogen-bond donors (Lipinski definition) is 1. The Morgan fingerprint density at radius 2 is 2.00 bits per heavy atom. The molecule has 5 heteroatoms. The Morgan fingerprint density at radius 3 is 2.62 bits per heavy atom. The second kappa shape index (κ2) is 7.05. The van der Waals surface area contributed by atoms with E-state index in [1.165, 1.54) is 7.11 Å². The van der Waals surface area contributed by atoms with Crippen molar-refractivity contribution in [2.45, 2.75) is 6.61 Å². The summed E-state index contributed by atoms with van der Waals surface area (Å²) in [6, 6.07) is 5.20. The summed E-state index contributed by atoms with van der Waals surface area (Å²) in [5, 5.41) is 9.10. The van der Waals surface area contributed by atoms with Gasteiger partial charge < -0.3 is 24.1 Å². The maximum absolute atomic E-state index is 9.10. The van der Waals surface area contributed by atoms with Crippen LogP contribution >= 0.6 is 0 Å². The van der Waals surface area contributed by atoms with E-state index in [1.807, 2.05) is 0 Å². The summed E-state index contributed by atoms with van der Waals surface area (Å²) in [6.45, 7) is 0.135. The van der Waals surface area contributed by atoms with Crippen LogP contribution < -0.4 is 9.47 Å². The SMILES string of the molecule is COCOCOc1cc(OC)ccc1CO. The predicted molar refractivity (Wildman–Crippen MR) is 57.4 cm³/mol. The van der Waals surface area contributed by atoms with Crippen LogP contribution in [0.15, 0.2) is 18.2 Å². The van der Waals surface area contributed by atoms with Gasteiger partial charge >= 0.3 is 0 Å². The second-order valence-electron chi connectivity index (χ2n) is 3.00. The van der Waals surface area contributed by atoms with Crippen LogP contribution in [-0.4, -0.2) is 32.9 Å². The Kier molecular flexibility index (Phi) is 5.63. The van der Waals surface area contributed by atoms with Crippen molar-refractivity contribution < 1.29 is 24.1 Å². The quantitative estimate of drug-likeness (QED) is 0.560. The van der Waals surface area contributed by atoms with Crippen LogP contribution in [-0.2, 0) is 16.1 Å². The van der Waals surface area contributed by atoms with Crippen molar-refractivity contribution in [3.8, 4) is 11.5 Å². The number of methoxy groups -OCH3 is 2. The number of aliphatic hydroxyl groups excluding tert-OH is 1. The number of aliphatic hydroxyl groups is 1. The minimum atomic E-state index is -0.0936. The summed E-state index contributed by atoms with van der Waals surface area (Å²) in [7, 11) is 3.10. The molecule has 1 rings (SSSR count). The average Bonchev–Trinajstić information content (AvgIpc) is 2.34. The van der Waals surface area contributed by atoms with E-state index >= 15 is 0 Å². The first-order valence-electron chi connectivity index (χ1n) is 4.79. The van der Waals surface area contributed by atoms with E-state index in [0.717, 1.165) is 0 Å². The number of rotatable bonds is 7. The van der Waals surface area contributed by atoms with E-state index in [4.69, 9.17) is 24.1 Å². The highest BCUT2D eigenvalue weighted by Gasteiger charge is 2.04. The molecule has 0 aromatic heterocycles. The lowest BCUT2D eigenvalue weighted by atomic mass is 10.2. The van der Waals surface area contributed by atoms with E-state index < -0.39 is 0 Å². The van der Waals surface area contributed by atoms with Crippen molar-refractivity contribution in [1.82, 2.24) is 0 Å². The molecule has 0 saturated heterocycles. The van der Waals surface area contributed by atoms with E-state index in [-0.39, 0.29) is 20.2 Å². The highest BCUT2D eigenvalue weighted by molar-refractivity contribution is 5.40. The Hall–Kier alpha value is -1.30. The van der Waals surface area contributed by atoms with Crippen LogP contribution in [0, 0.1) is 0 Å². The van der Waals surface area contributed by atoms with Gasteiger partial charge in [-0.2, -0.15) is 0 Å². The summed E-state index contributed by atoms with van der Waals surface area (Å²) >= 11 is 0. The van der Waals surface area contributed by atoms with Crippen molar-refractivity contribution in [2.75, 3.05) is 27.8 Å². The molecule has 0 amide bonds. The van der Waals surface area contributed by atoms with Gasteiger partial charge in [-0.15, -0.1) is 0 Å². The standard InChI is InChI=1S/C11H16O5/c1-13-7-15-8-16-11-5-10(14-2)4-3-9(11)6-12/h3-5,12H,6-8H2,1-2H3. The molecule has 1 aromatic rings. The fourth-order valence-electron chi connectivity index (χ4n) is 1.15. The van der Waals surface area contributed by atoms with Crippen LogP contribution in [0.25, 0.3) is 0 Å². The van der Waals surface area contributed by atoms with Crippen molar-refractivity contribution in [1.29, 1.82) is 0 Å². The lowest BCUT2D eigenvalue weighted by molar-refractivity contribution is -0.0839. The zero-order chi connectivity index (χ0) is 11.8.